The number of benzene rings is 2. The molecule has 1 aliphatic heterocycles. The van der Waals surface area contributed by atoms with Crippen LogP contribution < -0.4 is 20.2 Å². The van der Waals surface area contributed by atoms with Gasteiger partial charge in [0.25, 0.3) is 5.91 Å². The van der Waals surface area contributed by atoms with Crippen LogP contribution in [0.4, 0.5) is 0 Å². The van der Waals surface area contributed by atoms with Gasteiger partial charge in [-0.05, 0) is 45.6 Å². The Bertz CT molecular complexity index is 1060. The molecule has 2 aromatic rings. The smallest absolute Gasteiger partial charge is 0.329 e. The molecule has 0 atom stereocenters. The molecule has 1 heterocycles. The summed E-state index contributed by atoms with van der Waals surface area (Å²) in [5, 5.41) is 6.39. The highest BCUT2D eigenvalue weighted by Gasteiger charge is 2.19. The van der Waals surface area contributed by atoms with E-state index in [0.717, 1.165) is 5.56 Å². The lowest BCUT2D eigenvalue weighted by Crippen LogP contribution is -2.43. The topological polar surface area (TPSA) is 119 Å². The monoisotopic (exact) mass is 546 g/mol. The first-order chi connectivity index (χ1) is 17.0. The first-order valence-corrected chi connectivity index (χ1v) is 11.8. The number of hydrogen-bond donors (Lipinski definition) is 2. The number of ether oxygens (including phenoxy) is 3. The fourth-order valence-electron chi connectivity index (χ4n) is 3.25. The normalized spacial score (nSPS) is 13.4. The van der Waals surface area contributed by atoms with Crippen LogP contribution in [0.25, 0.3) is 0 Å². The molecule has 0 unspecified atom stereocenters. The van der Waals surface area contributed by atoms with E-state index in [2.05, 4.69) is 31.8 Å². The molecule has 0 saturated carbocycles. The molecule has 0 bridgehead atoms. The van der Waals surface area contributed by atoms with Crippen molar-refractivity contribution in [1.82, 2.24) is 15.6 Å². The van der Waals surface area contributed by atoms with E-state index in [9.17, 15) is 14.4 Å². The van der Waals surface area contributed by atoms with Crippen molar-refractivity contribution in [2.45, 2.75) is 6.42 Å². The predicted molar refractivity (Wildman–Crippen MR) is 132 cm³/mol. The summed E-state index contributed by atoms with van der Waals surface area (Å²) in [7, 11) is 1.47. The zero-order valence-corrected chi connectivity index (χ0v) is 20.9. The SMILES string of the molecule is COc1cc(/C=N\NC(=O)C(=O)NCCc2ccccc2)cc(Br)c1OCC(=O)N1CCOCC1. The predicted octanol–water partition coefficient (Wildman–Crippen LogP) is 1.50. The minimum Gasteiger partial charge on any atom is -0.493 e. The zero-order valence-electron chi connectivity index (χ0n) is 19.3. The lowest BCUT2D eigenvalue weighted by atomic mass is 10.1. The van der Waals surface area contributed by atoms with Gasteiger partial charge < -0.3 is 24.4 Å². The average molecular weight is 547 g/mol. The third kappa shape index (κ3) is 8.08. The Hall–Kier alpha value is -3.44. The molecule has 3 amide bonds. The molecule has 1 aliphatic rings. The number of carbonyl (C=O) groups is 3. The third-order valence-corrected chi connectivity index (χ3v) is 5.67. The molecule has 1 saturated heterocycles. The first kappa shape index (κ1) is 26.2. The Labute approximate surface area is 211 Å². The Balaban J connectivity index is 1.50. The summed E-state index contributed by atoms with van der Waals surface area (Å²) in [5.41, 5.74) is 3.83. The average Bonchev–Trinajstić information content (AvgIpc) is 2.88. The molecular formula is C24H27BrN4O6. The number of halogens is 1. The Morgan fingerprint density at radius 3 is 2.60 bits per heavy atom. The van der Waals surface area contributed by atoms with Crippen LogP contribution >= 0.6 is 15.9 Å². The molecular weight excluding hydrogens is 520 g/mol. The molecule has 0 aromatic heterocycles. The number of morpholine rings is 1. The summed E-state index contributed by atoms with van der Waals surface area (Å²) < 4.78 is 16.9. The molecule has 10 nitrogen and oxygen atoms in total. The van der Waals surface area contributed by atoms with Gasteiger partial charge >= 0.3 is 11.8 Å². The van der Waals surface area contributed by atoms with Gasteiger partial charge in [0.1, 0.15) is 0 Å². The molecule has 0 aliphatic carbocycles. The van der Waals surface area contributed by atoms with E-state index >= 15 is 0 Å². The number of rotatable bonds is 9. The molecule has 186 valence electrons. The van der Waals surface area contributed by atoms with Crippen LogP contribution in [-0.4, -0.2) is 75.4 Å². The highest BCUT2D eigenvalue weighted by molar-refractivity contribution is 9.10. The van der Waals surface area contributed by atoms with Gasteiger partial charge in [-0.1, -0.05) is 30.3 Å². The number of hydrogen-bond acceptors (Lipinski definition) is 7. The molecule has 2 N–H and O–H groups in total. The van der Waals surface area contributed by atoms with Gasteiger partial charge in [0.2, 0.25) is 0 Å². The van der Waals surface area contributed by atoms with Gasteiger partial charge in [0, 0.05) is 19.6 Å². The fourth-order valence-corrected chi connectivity index (χ4v) is 3.83. The van der Waals surface area contributed by atoms with Crippen LogP contribution in [0.2, 0.25) is 0 Å². The number of amides is 3. The van der Waals surface area contributed by atoms with Gasteiger partial charge in [-0.3, -0.25) is 14.4 Å². The maximum atomic E-state index is 12.3. The second kappa shape index (κ2) is 13.4. The van der Waals surface area contributed by atoms with Gasteiger partial charge in [0.05, 0.1) is 31.0 Å². The van der Waals surface area contributed by atoms with Crippen LogP contribution in [0, 0.1) is 0 Å². The highest BCUT2D eigenvalue weighted by atomic mass is 79.9. The van der Waals surface area contributed by atoms with Crippen molar-refractivity contribution >= 4 is 39.9 Å². The van der Waals surface area contributed by atoms with E-state index in [4.69, 9.17) is 14.2 Å². The number of methoxy groups -OCH3 is 1. The molecule has 35 heavy (non-hydrogen) atoms. The van der Waals surface area contributed by atoms with Crippen LogP contribution in [-0.2, 0) is 25.5 Å². The maximum absolute atomic E-state index is 12.3. The summed E-state index contributed by atoms with van der Waals surface area (Å²) >= 11 is 3.41. The van der Waals surface area contributed by atoms with Gasteiger partial charge in [0.15, 0.2) is 18.1 Å². The number of nitrogens with one attached hydrogen (secondary N) is 2. The highest BCUT2D eigenvalue weighted by Crippen LogP contribution is 2.36. The Kier molecular flexibility index (Phi) is 10.1. The van der Waals surface area contributed by atoms with Crippen LogP contribution in [0.5, 0.6) is 11.5 Å². The van der Waals surface area contributed by atoms with Crippen molar-refractivity contribution in [3.05, 3.63) is 58.1 Å². The molecule has 0 spiro atoms. The number of nitrogens with zero attached hydrogens (tertiary/aromatic N) is 2. The van der Waals surface area contributed by atoms with E-state index in [0.29, 0.717) is 60.8 Å². The fraction of sp³-hybridized carbons (Fsp3) is 0.333. The summed E-state index contributed by atoms with van der Waals surface area (Å²) in [6.45, 7) is 2.29. The van der Waals surface area contributed by atoms with Crippen molar-refractivity contribution in [1.29, 1.82) is 0 Å². The standard InChI is InChI=1S/C24H27BrN4O6/c1-33-20-14-18(13-19(25)22(20)35-16-21(30)29-9-11-34-12-10-29)15-27-28-24(32)23(31)26-8-7-17-5-3-2-4-6-17/h2-6,13-15H,7-12,16H2,1H3,(H,26,31)(H,28,32)/b27-15-. The largest absolute Gasteiger partial charge is 0.493 e. The molecule has 11 heteroatoms. The first-order valence-electron chi connectivity index (χ1n) is 11.0. The Morgan fingerprint density at radius 2 is 1.89 bits per heavy atom. The summed E-state index contributed by atoms with van der Waals surface area (Å²) in [6.07, 6.45) is 1.98. The van der Waals surface area contributed by atoms with Crippen LogP contribution in [0.1, 0.15) is 11.1 Å². The second-order valence-corrected chi connectivity index (χ2v) is 8.36. The van der Waals surface area contributed by atoms with Crippen molar-refractivity contribution in [2.75, 3.05) is 46.6 Å². The van der Waals surface area contributed by atoms with Crippen molar-refractivity contribution in [2.24, 2.45) is 5.10 Å². The summed E-state index contributed by atoms with van der Waals surface area (Å²) in [6, 6.07) is 12.9. The summed E-state index contributed by atoms with van der Waals surface area (Å²) in [5.74, 6) is -1.04. The van der Waals surface area contributed by atoms with Crippen molar-refractivity contribution in [3.8, 4) is 11.5 Å². The van der Waals surface area contributed by atoms with Crippen LogP contribution in [0.15, 0.2) is 52.0 Å². The van der Waals surface area contributed by atoms with Crippen molar-refractivity contribution in [3.63, 3.8) is 0 Å². The lowest BCUT2D eigenvalue weighted by Gasteiger charge is -2.26. The van der Waals surface area contributed by atoms with E-state index in [1.54, 1.807) is 17.0 Å². The van der Waals surface area contributed by atoms with E-state index in [1.807, 2.05) is 30.3 Å². The third-order valence-electron chi connectivity index (χ3n) is 5.08. The minimum absolute atomic E-state index is 0.141. The molecule has 3 rings (SSSR count). The molecule has 0 radical (unpaired) electrons. The van der Waals surface area contributed by atoms with Crippen molar-refractivity contribution < 1.29 is 28.6 Å². The van der Waals surface area contributed by atoms with Gasteiger partial charge in [-0.2, -0.15) is 5.10 Å². The van der Waals surface area contributed by atoms with E-state index < -0.39 is 11.8 Å². The minimum atomic E-state index is -0.873. The van der Waals surface area contributed by atoms with E-state index in [1.165, 1.54) is 13.3 Å². The zero-order chi connectivity index (χ0) is 25.0. The van der Waals surface area contributed by atoms with Gasteiger partial charge in [-0.25, -0.2) is 5.43 Å². The number of carbonyl (C=O) groups excluding carboxylic acids is 3. The Morgan fingerprint density at radius 1 is 1.14 bits per heavy atom. The molecule has 2 aromatic carbocycles. The molecule has 1 fully saturated rings. The van der Waals surface area contributed by atoms with E-state index in [-0.39, 0.29) is 12.5 Å². The quantitative estimate of drug-likeness (QED) is 0.279. The summed E-state index contributed by atoms with van der Waals surface area (Å²) in [4.78, 5) is 37.9. The van der Waals surface area contributed by atoms with Crippen LogP contribution in [0.3, 0.4) is 0 Å². The second-order valence-electron chi connectivity index (χ2n) is 7.51. The number of hydrazone groups is 1. The maximum Gasteiger partial charge on any atom is 0.329 e. The lowest BCUT2D eigenvalue weighted by molar-refractivity contribution is -0.139. The van der Waals surface area contributed by atoms with Gasteiger partial charge in [-0.15, -0.1) is 0 Å².